The Morgan fingerprint density at radius 1 is 1.40 bits per heavy atom. The number of aliphatic carboxylic acids is 1. The lowest BCUT2D eigenvalue weighted by Crippen LogP contribution is -2.51. The van der Waals surface area contributed by atoms with E-state index in [2.05, 4.69) is 10.6 Å². The summed E-state index contributed by atoms with van der Waals surface area (Å²) in [5, 5.41) is 14.5. The number of nitrogens with one attached hydrogen (secondary N) is 2. The van der Waals surface area contributed by atoms with Gasteiger partial charge in [0.15, 0.2) is 0 Å². The first-order valence-electron chi connectivity index (χ1n) is 7.02. The van der Waals surface area contributed by atoms with Crippen molar-refractivity contribution in [2.75, 3.05) is 18.6 Å². The minimum Gasteiger partial charge on any atom is -0.480 e. The molecule has 3 atom stereocenters. The molecule has 6 nitrogen and oxygen atoms in total. The van der Waals surface area contributed by atoms with E-state index in [4.69, 9.17) is 9.84 Å². The van der Waals surface area contributed by atoms with Crippen LogP contribution in [-0.2, 0) is 9.53 Å². The third-order valence-corrected chi connectivity index (χ3v) is 4.40. The SMILES string of the molecule is CSCCC(NC(=O)NC1CCOC1C1CC1)C(=O)O. The molecular formula is C13H22N2O4S. The summed E-state index contributed by atoms with van der Waals surface area (Å²) >= 11 is 1.56. The summed E-state index contributed by atoms with van der Waals surface area (Å²) in [7, 11) is 0. The standard InChI is InChI=1S/C13H22N2O4S/c1-20-7-5-10(12(16)17)15-13(18)14-9-4-6-19-11(9)8-2-3-8/h8-11H,2-7H2,1H3,(H,16,17)(H2,14,15,18). The predicted octanol–water partition coefficient (Wildman–Crippen LogP) is 1.06. The maximum atomic E-state index is 11.9. The number of urea groups is 1. The van der Waals surface area contributed by atoms with Crippen LogP contribution in [0.1, 0.15) is 25.7 Å². The molecule has 3 N–H and O–H groups in total. The molecule has 0 spiro atoms. The molecule has 0 aromatic heterocycles. The van der Waals surface area contributed by atoms with Crippen molar-refractivity contribution >= 4 is 23.8 Å². The van der Waals surface area contributed by atoms with Crippen LogP contribution in [0, 0.1) is 5.92 Å². The second-order valence-electron chi connectivity index (χ2n) is 5.36. The molecule has 20 heavy (non-hydrogen) atoms. The summed E-state index contributed by atoms with van der Waals surface area (Å²) in [6, 6.07) is -1.22. The number of thioether (sulfide) groups is 1. The Kier molecular flexibility index (Phi) is 5.54. The van der Waals surface area contributed by atoms with E-state index in [1.165, 1.54) is 0 Å². The molecule has 2 rings (SSSR count). The molecule has 2 aliphatic rings. The summed E-state index contributed by atoms with van der Waals surface area (Å²) < 4.78 is 5.65. The lowest BCUT2D eigenvalue weighted by molar-refractivity contribution is -0.139. The highest BCUT2D eigenvalue weighted by molar-refractivity contribution is 7.98. The number of rotatable bonds is 7. The van der Waals surface area contributed by atoms with Crippen LogP contribution in [0.4, 0.5) is 4.79 Å². The van der Waals surface area contributed by atoms with Crippen LogP contribution in [0.5, 0.6) is 0 Å². The molecule has 1 heterocycles. The minimum atomic E-state index is -0.990. The van der Waals surface area contributed by atoms with Crippen LogP contribution in [0.2, 0.25) is 0 Å². The molecule has 114 valence electrons. The van der Waals surface area contributed by atoms with Crippen molar-refractivity contribution in [2.24, 2.45) is 5.92 Å². The van der Waals surface area contributed by atoms with E-state index >= 15 is 0 Å². The number of carboxylic acids is 1. The molecule has 1 aliphatic heterocycles. The van der Waals surface area contributed by atoms with Crippen molar-refractivity contribution in [3.63, 3.8) is 0 Å². The van der Waals surface area contributed by atoms with Crippen LogP contribution in [0.3, 0.4) is 0 Å². The van der Waals surface area contributed by atoms with E-state index in [0.717, 1.165) is 19.3 Å². The molecule has 0 aromatic carbocycles. The highest BCUT2D eigenvalue weighted by atomic mass is 32.2. The summed E-state index contributed by atoms with van der Waals surface area (Å²) in [5.41, 5.74) is 0. The number of carbonyl (C=O) groups is 2. The highest BCUT2D eigenvalue weighted by Gasteiger charge is 2.41. The van der Waals surface area contributed by atoms with Gasteiger partial charge in [-0.3, -0.25) is 0 Å². The van der Waals surface area contributed by atoms with Gasteiger partial charge in [-0.05, 0) is 43.6 Å². The van der Waals surface area contributed by atoms with Gasteiger partial charge >= 0.3 is 12.0 Å². The predicted molar refractivity (Wildman–Crippen MR) is 77.0 cm³/mol. The average Bonchev–Trinajstić information content (AvgIpc) is 3.15. The van der Waals surface area contributed by atoms with Gasteiger partial charge < -0.3 is 20.5 Å². The fourth-order valence-corrected chi connectivity index (χ4v) is 2.99. The Hall–Kier alpha value is -0.950. The first-order valence-corrected chi connectivity index (χ1v) is 8.41. The second kappa shape index (κ2) is 7.17. The first-order chi connectivity index (χ1) is 9.61. The Balaban J connectivity index is 1.79. The number of carboxylic acid groups (broad SMARTS) is 1. The minimum absolute atomic E-state index is 0.0116. The van der Waals surface area contributed by atoms with Gasteiger partial charge in [-0.1, -0.05) is 0 Å². The zero-order chi connectivity index (χ0) is 14.5. The van der Waals surface area contributed by atoms with E-state index in [1.807, 2.05) is 6.26 Å². The summed E-state index contributed by atoms with van der Waals surface area (Å²) in [6.45, 7) is 0.668. The maximum Gasteiger partial charge on any atom is 0.326 e. The molecule has 7 heteroatoms. The molecule has 2 fully saturated rings. The van der Waals surface area contributed by atoms with Gasteiger partial charge in [0.05, 0.1) is 12.1 Å². The van der Waals surface area contributed by atoms with Crippen LogP contribution >= 0.6 is 11.8 Å². The van der Waals surface area contributed by atoms with Crippen LogP contribution in [0.15, 0.2) is 0 Å². The smallest absolute Gasteiger partial charge is 0.326 e. The zero-order valence-electron chi connectivity index (χ0n) is 11.6. The van der Waals surface area contributed by atoms with Crippen LogP contribution in [0.25, 0.3) is 0 Å². The van der Waals surface area contributed by atoms with Crippen LogP contribution in [-0.4, -0.2) is 53.9 Å². The number of carbonyl (C=O) groups excluding carboxylic acids is 1. The lowest BCUT2D eigenvalue weighted by atomic mass is 10.1. The van der Waals surface area contributed by atoms with Gasteiger partial charge in [-0.2, -0.15) is 11.8 Å². The third kappa shape index (κ3) is 4.28. The van der Waals surface area contributed by atoms with Crippen molar-refractivity contribution in [3.05, 3.63) is 0 Å². The van der Waals surface area contributed by atoms with Crippen molar-refractivity contribution in [2.45, 2.75) is 43.9 Å². The van der Waals surface area contributed by atoms with Crippen molar-refractivity contribution in [3.8, 4) is 0 Å². The van der Waals surface area contributed by atoms with Gasteiger partial charge in [0.25, 0.3) is 0 Å². The Morgan fingerprint density at radius 3 is 2.75 bits per heavy atom. The summed E-state index contributed by atoms with van der Waals surface area (Å²) in [5.74, 6) is 0.277. The van der Waals surface area contributed by atoms with E-state index in [9.17, 15) is 9.59 Å². The Morgan fingerprint density at radius 2 is 2.15 bits per heavy atom. The van der Waals surface area contributed by atoms with Crippen molar-refractivity contribution < 1.29 is 19.4 Å². The third-order valence-electron chi connectivity index (χ3n) is 3.75. The largest absolute Gasteiger partial charge is 0.480 e. The Bertz CT molecular complexity index is 362. The normalized spacial score (nSPS) is 27.1. The fourth-order valence-electron chi connectivity index (χ4n) is 2.52. The van der Waals surface area contributed by atoms with Gasteiger partial charge in [0, 0.05) is 6.61 Å². The molecule has 0 aromatic rings. The molecule has 1 saturated heterocycles. The molecule has 0 bridgehead atoms. The van der Waals surface area contributed by atoms with Crippen molar-refractivity contribution in [1.29, 1.82) is 0 Å². The van der Waals surface area contributed by atoms with Crippen molar-refractivity contribution in [1.82, 2.24) is 10.6 Å². The second-order valence-corrected chi connectivity index (χ2v) is 6.34. The number of hydrogen-bond acceptors (Lipinski definition) is 4. The number of hydrogen-bond donors (Lipinski definition) is 3. The van der Waals surface area contributed by atoms with Gasteiger partial charge in [-0.15, -0.1) is 0 Å². The van der Waals surface area contributed by atoms with Crippen LogP contribution < -0.4 is 10.6 Å². The zero-order valence-corrected chi connectivity index (χ0v) is 12.4. The summed E-state index contributed by atoms with van der Waals surface area (Å²) in [4.78, 5) is 23.0. The van der Waals surface area contributed by atoms with Gasteiger partial charge in [0.2, 0.25) is 0 Å². The quantitative estimate of drug-likeness (QED) is 0.654. The fraction of sp³-hybridized carbons (Fsp3) is 0.846. The Labute approximate surface area is 123 Å². The average molecular weight is 302 g/mol. The highest BCUT2D eigenvalue weighted by Crippen LogP contribution is 2.38. The van der Waals surface area contributed by atoms with E-state index in [1.54, 1.807) is 11.8 Å². The van der Waals surface area contributed by atoms with E-state index in [-0.39, 0.29) is 12.1 Å². The molecule has 1 saturated carbocycles. The monoisotopic (exact) mass is 302 g/mol. The number of amides is 2. The molecular weight excluding hydrogens is 280 g/mol. The van der Waals surface area contributed by atoms with E-state index < -0.39 is 18.0 Å². The van der Waals surface area contributed by atoms with Gasteiger partial charge in [-0.25, -0.2) is 9.59 Å². The number of ether oxygens (including phenoxy) is 1. The maximum absolute atomic E-state index is 11.9. The molecule has 0 radical (unpaired) electrons. The molecule has 3 unspecified atom stereocenters. The van der Waals surface area contributed by atoms with Gasteiger partial charge in [0.1, 0.15) is 6.04 Å². The van der Waals surface area contributed by atoms with E-state index in [0.29, 0.717) is 24.7 Å². The topological polar surface area (TPSA) is 87.7 Å². The lowest BCUT2D eigenvalue weighted by Gasteiger charge is -2.21. The summed E-state index contributed by atoms with van der Waals surface area (Å²) in [6.07, 6.45) is 5.57. The molecule has 1 aliphatic carbocycles. The molecule has 2 amide bonds. The first kappa shape index (κ1) is 15.4.